The van der Waals surface area contributed by atoms with E-state index in [-0.39, 0.29) is 23.7 Å². The summed E-state index contributed by atoms with van der Waals surface area (Å²) in [6.45, 7) is 3.28. The van der Waals surface area contributed by atoms with Crippen molar-refractivity contribution in [2.45, 2.75) is 45.2 Å². The molecule has 150 valence electrons. The largest absolute Gasteiger partial charge is 0.345 e. The minimum absolute atomic E-state index is 0.0811. The first-order valence-corrected chi connectivity index (χ1v) is 10.3. The number of nitrogens with one attached hydrogen (secondary N) is 1. The lowest BCUT2D eigenvalue weighted by molar-refractivity contribution is 0.0604. The van der Waals surface area contributed by atoms with Gasteiger partial charge in [-0.1, -0.05) is 43.3 Å². The molecule has 1 N–H and O–H groups in total. The molecule has 1 atom stereocenters. The minimum Gasteiger partial charge on any atom is -0.345 e. The van der Waals surface area contributed by atoms with Crippen LogP contribution in [0, 0.1) is 0 Å². The van der Waals surface area contributed by atoms with Gasteiger partial charge in [-0.05, 0) is 43.4 Å². The van der Waals surface area contributed by atoms with Gasteiger partial charge in [0, 0.05) is 25.3 Å². The van der Waals surface area contributed by atoms with Gasteiger partial charge in [0.15, 0.2) is 5.69 Å². The van der Waals surface area contributed by atoms with Gasteiger partial charge in [-0.15, -0.1) is 0 Å². The third-order valence-corrected chi connectivity index (χ3v) is 5.61. The molecule has 2 amide bonds. The van der Waals surface area contributed by atoms with Gasteiger partial charge in [0.2, 0.25) is 5.82 Å². The van der Waals surface area contributed by atoms with E-state index in [1.54, 1.807) is 10.6 Å². The summed E-state index contributed by atoms with van der Waals surface area (Å²) < 4.78 is 1.71. The lowest BCUT2D eigenvalue weighted by atomic mass is 9.99. The molecule has 0 radical (unpaired) electrons. The normalized spacial score (nSPS) is 16.7. The zero-order valence-electron chi connectivity index (χ0n) is 16.7. The molecule has 0 aliphatic carbocycles. The number of nitrogens with zero attached hydrogens (tertiary/aromatic N) is 3. The summed E-state index contributed by atoms with van der Waals surface area (Å²) >= 11 is 0. The number of hydrogen-bond acceptors (Lipinski definition) is 3. The van der Waals surface area contributed by atoms with Gasteiger partial charge in [-0.3, -0.25) is 14.0 Å². The van der Waals surface area contributed by atoms with Gasteiger partial charge < -0.3 is 10.2 Å². The van der Waals surface area contributed by atoms with E-state index in [9.17, 15) is 9.59 Å². The zero-order valence-corrected chi connectivity index (χ0v) is 16.7. The van der Waals surface area contributed by atoms with Gasteiger partial charge in [0.25, 0.3) is 11.8 Å². The summed E-state index contributed by atoms with van der Waals surface area (Å²) in [5.41, 5.74) is 2.04. The van der Waals surface area contributed by atoms with Crippen molar-refractivity contribution >= 4 is 17.3 Å². The van der Waals surface area contributed by atoms with Crippen LogP contribution in [0.1, 0.15) is 59.3 Å². The van der Waals surface area contributed by atoms with E-state index in [4.69, 9.17) is 0 Å². The first kappa shape index (κ1) is 19.2. The second kappa shape index (κ2) is 8.47. The van der Waals surface area contributed by atoms with E-state index >= 15 is 0 Å². The van der Waals surface area contributed by atoms with Crippen LogP contribution in [-0.4, -0.2) is 38.7 Å². The molecule has 0 saturated carbocycles. The van der Waals surface area contributed by atoms with Crippen LogP contribution in [0.25, 0.3) is 5.52 Å². The number of fused-ring (bicyclic) bond motifs is 1. The number of hydrogen-bond donors (Lipinski definition) is 1. The standard InChI is InChI=1S/C23H26N4O2/c1-2-18-12-6-8-14-26(18)23(29)20-19-13-7-9-15-27(19)21(25-20)22(28)24-16-17-10-4-3-5-11-17/h3-5,7,9-11,13,15,18H,2,6,8,12,14,16H2,1H3,(H,24,28). The quantitative estimate of drug-likeness (QED) is 0.723. The van der Waals surface area contributed by atoms with Crippen molar-refractivity contribution < 1.29 is 9.59 Å². The van der Waals surface area contributed by atoms with Crippen LogP contribution in [0.15, 0.2) is 54.7 Å². The number of benzene rings is 1. The Morgan fingerprint density at radius 1 is 1.10 bits per heavy atom. The predicted octanol–water partition coefficient (Wildman–Crippen LogP) is 3.67. The van der Waals surface area contributed by atoms with Crippen LogP contribution < -0.4 is 5.32 Å². The molecule has 4 rings (SSSR count). The molecule has 1 aliphatic heterocycles. The summed E-state index contributed by atoms with van der Waals surface area (Å²) in [4.78, 5) is 32.6. The van der Waals surface area contributed by atoms with Crippen molar-refractivity contribution in [3.05, 3.63) is 71.8 Å². The summed E-state index contributed by atoms with van der Waals surface area (Å²) in [5.74, 6) is -0.132. The van der Waals surface area contributed by atoms with Crippen molar-refractivity contribution in [3.63, 3.8) is 0 Å². The third kappa shape index (κ3) is 3.88. The minimum atomic E-state index is -0.292. The molecule has 6 heteroatoms. The number of amides is 2. The molecule has 1 aliphatic rings. The number of imidazole rings is 1. The molecule has 29 heavy (non-hydrogen) atoms. The van der Waals surface area contributed by atoms with Crippen LogP contribution >= 0.6 is 0 Å². The monoisotopic (exact) mass is 390 g/mol. The number of carbonyl (C=O) groups excluding carboxylic acids is 2. The van der Waals surface area contributed by atoms with Crippen molar-refractivity contribution in [1.29, 1.82) is 0 Å². The van der Waals surface area contributed by atoms with Crippen molar-refractivity contribution in [1.82, 2.24) is 19.6 Å². The molecule has 0 bridgehead atoms. The van der Waals surface area contributed by atoms with Crippen LogP contribution in [0.3, 0.4) is 0 Å². The highest BCUT2D eigenvalue weighted by Crippen LogP contribution is 2.23. The first-order valence-electron chi connectivity index (χ1n) is 10.3. The first-order chi connectivity index (χ1) is 14.2. The van der Waals surface area contributed by atoms with E-state index < -0.39 is 0 Å². The van der Waals surface area contributed by atoms with E-state index in [2.05, 4.69) is 17.2 Å². The van der Waals surface area contributed by atoms with Crippen LogP contribution in [-0.2, 0) is 6.54 Å². The Morgan fingerprint density at radius 2 is 1.90 bits per heavy atom. The Hall–Kier alpha value is -3.15. The van der Waals surface area contributed by atoms with Crippen LogP contribution in [0.4, 0.5) is 0 Å². The topological polar surface area (TPSA) is 66.7 Å². The maximum Gasteiger partial charge on any atom is 0.287 e. The summed E-state index contributed by atoms with van der Waals surface area (Å²) in [6, 6.07) is 15.5. The highest BCUT2D eigenvalue weighted by atomic mass is 16.2. The Labute approximate surface area is 170 Å². The van der Waals surface area contributed by atoms with Gasteiger partial charge in [0.1, 0.15) is 0 Å². The smallest absolute Gasteiger partial charge is 0.287 e. The van der Waals surface area contributed by atoms with Gasteiger partial charge in [-0.25, -0.2) is 4.98 Å². The van der Waals surface area contributed by atoms with E-state index in [0.717, 1.165) is 37.8 Å². The van der Waals surface area contributed by atoms with Crippen molar-refractivity contribution in [3.8, 4) is 0 Å². The average molecular weight is 390 g/mol. The third-order valence-electron chi connectivity index (χ3n) is 5.61. The number of rotatable bonds is 5. The predicted molar refractivity (Wildman–Crippen MR) is 112 cm³/mol. The number of pyridine rings is 1. The molecule has 1 aromatic carbocycles. The van der Waals surface area contributed by atoms with Crippen LogP contribution in [0.5, 0.6) is 0 Å². The molecule has 6 nitrogen and oxygen atoms in total. The maximum absolute atomic E-state index is 13.3. The Morgan fingerprint density at radius 3 is 2.69 bits per heavy atom. The molecule has 3 aromatic rings. The zero-order chi connectivity index (χ0) is 20.2. The number of carbonyl (C=O) groups is 2. The van der Waals surface area contributed by atoms with Gasteiger partial charge >= 0.3 is 0 Å². The van der Waals surface area contributed by atoms with Crippen LogP contribution in [0.2, 0.25) is 0 Å². The fourth-order valence-corrected chi connectivity index (χ4v) is 4.04. The fourth-order valence-electron chi connectivity index (χ4n) is 4.04. The second-order valence-corrected chi connectivity index (χ2v) is 7.46. The molecule has 3 heterocycles. The van der Waals surface area contributed by atoms with Crippen molar-refractivity contribution in [2.75, 3.05) is 6.54 Å². The Balaban J connectivity index is 1.62. The molecule has 1 unspecified atom stereocenters. The SMILES string of the molecule is CCC1CCCCN1C(=O)c1nc(C(=O)NCc2ccccc2)n2ccccc12. The summed E-state index contributed by atoms with van der Waals surface area (Å²) in [7, 11) is 0. The summed E-state index contributed by atoms with van der Waals surface area (Å²) in [5, 5.41) is 2.91. The maximum atomic E-state index is 13.3. The number of piperidine rings is 1. The highest BCUT2D eigenvalue weighted by Gasteiger charge is 2.30. The van der Waals surface area contributed by atoms with E-state index in [1.165, 1.54) is 0 Å². The lowest BCUT2D eigenvalue weighted by Crippen LogP contribution is -2.43. The lowest BCUT2D eigenvalue weighted by Gasteiger charge is -2.34. The van der Waals surface area contributed by atoms with Crippen molar-refractivity contribution in [2.24, 2.45) is 0 Å². The molecular weight excluding hydrogens is 364 g/mol. The van der Waals surface area contributed by atoms with E-state index in [0.29, 0.717) is 17.8 Å². The molecule has 1 fully saturated rings. The molecule has 2 aromatic heterocycles. The number of likely N-dealkylation sites (tertiary alicyclic amines) is 1. The summed E-state index contributed by atoms with van der Waals surface area (Å²) in [6.07, 6.45) is 5.91. The molecule has 0 spiro atoms. The Bertz CT molecular complexity index is 1010. The second-order valence-electron chi connectivity index (χ2n) is 7.46. The fraction of sp³-hybridized carbons (Fsp3) is 0.348. The van der Waals surface area contributed by atoms with Gasteiger partial charge in [-0.2, -0.15) is 0 Å². The highest BCUT2D eigenvalue weighted by molar-refractivity contribution is 6.02. The molecule has 1 saturated heterocycles. The molecular formula is C23H26N4O2. The Kier molecular flexibility index (Phi) is 5.60. The van der Waals surface area contributed by atoms with E-state index in [1.807, 2.05) is 53.4 Å². The average Bonchev–Trinajstić information content (AvgIpc) is 3.17. The van der Waals surface area contributed by atoms with Gasteiger partial charge in [0.05, 0.1) is 5.52 Å². The number of aromatic nitrogens is 2.